The lowest BCUT2D eigenvalue weighted by Crippen LogP contribution is -2.29. The molecular formula is C18H24N6. The van der Waals surface area contributed by atoms with Gasteiger partial charge < -0.3 is 4.90 Å². The van der Waals surface area contributed by atoms with Gasteiger partial charge in [0.15, 0.2) is 0 Å². The summed E-state index contributed by atoms with van der Waals surface area (Å²) in [5, 5.41) is 7.42. The van der Waals surface area contributed by atoms with Crippen molar-refractivity contribution in [2.24, 2.45) is 11.8 Å². The zero-order valence-electron chi connectivity index (χ0n) is 14.1. The highest BCUT2D eigenvalue weighted by atomic mass is 15.3. The van der Waals surface area contributed by atoms with Crippen molar-refractivity contribution in [2.45, 2.75) is 32.2 Å². The molecule has 2 aromatic rings. The average molecular weight is 324 g/mol. The summed E-state index contributed by atoms with van der Waals surface area (Å²) in [7, 11) is 0. The molecule has 0 aromatic carbocycles. The van der Waals surface area contributed by atoms with E-state index in [4.69, 9.17) is 0 Å². The van der Waals surface area contributed by atoms with Gasteiger partial charge in [-0.25, -0.2) is 9.97 Å². The maximum Gasteiger partial charge on any atom is 0.132 e. The molecule has 2 aliphatic heterocycles. The largest absolute Gasteiger partial charge is 0.356 e. The number of aryl methyl sites for hydroxylation is 1. The van der Waals surface area contributed by atoms with Crippen molar-refractivity contribution in [3.05, 3.63) is 35.5 Å². The Morgan fingerprint density at radius 2 is 1.88 bits per heavy atom. The third-order valence-electron chi connectivity index (χ3n) is 5.70. The average Bonchev–Trinajstić information content (AvgIpc) is 3.09. The summed E-state index contributed by atoms with van der Waals surface area (Å²) >= 11 is 0. The molecule has 2 saturated heterocycles. The van der Waals surface area contributed by atoms with Gasteiger partial charge in [0, 0.05) is 56.1 Å². The van der Waals surface area contributed by atoms with Gasteiger partial charge in [-0.05, 0) is 37.7 Å². The van der Waals surface area contributed by atoms with Crippen LogP contribution in [-0.2, 0) is 6.54 Å². The first-order valence-electron chi connectivity index (χ1n) is 9.05. The molecule has 6 heteroatoms. The van der Waals surface area contributed by atoms with Crippen LogP contribution >= 0.6 is 0 Å². The molecule has 4 heterocycles. The second kappa shape index (κ2) is 5.55. The number of fused-ring (bicyclic) bond motifs is 1. The van der Waals surface area contributed by atoms with Crippen molar-refractivity contribution in [1.29, 1.82) is 0 Å². The summed E-state index contributed by atoms with van der Waals surface area (Å²) in [6.07, 6.45) is 4.34. The Morgan fingerprint density at radius 3 is 2.54 bits per heavy atom. The number of aromatic amines is 1. The minimum absolute atomic E-state index is 0.696. The van der Waals surface area contributed by atoms with E-state index in [1.165, 1.54) is 31.6 Å². The molecule has 2 aromatic heterocycles. The van der Waals surface area contributed by atoms with Crippen LogP contribution in [0.4, 0.5) is 5.82 Å². The predicted octanol–water partition coefficient (Wildman–Crippen LogP) is 1.95. The number of rotatable bonds is 4. The minimum atomic E-state index is 0.696. The number of anilines is 1. The topological polar surface area (TPSA) is 60.9 Å². The molecule has 1 saturated carbocycles. The number of hydrogen-bond acceptors (Lipinski definition) is 5. The normalized spacial score (nSPS) is 27.0. The lowest BCUT2D eigenvalue weighted by molar-refractivity contribution is 0.305. The van der Waals surface area contributed by atoms with E-state index in [-0.39, 0.29) is 0 Å². The number of aromatic nitrogens is 4. The quantitative estimate of drug-likeness (QED) is 0.931. The molecule has 0 radical (unpaired) electrons. The fourth-order valence-corrected chi connectivity index (χ4v) is 4.33. The first kappa shape index (κ1) is 14.4. The maximum absolute atomic E-state index is 4.54. The number of nitrogens with zero attached hydrogens (tertiary/aromatic N) is 5. The molecule has 0 spiro atoms. The van der Waals surface area contributed by atoms with Gasteiger partial charge in [0.1, 0.15) is 12.1 Å². The third-order valence-corrected chi connectivity index (χ3v) is 5.70. The molecule has 0 bridgehead atoms. The van der Waals surface area contributed by atoms with Gasteiger partial charge in [-0.2, -0.15) is 5.10 Å². The monoisotopic (exact) mass is 324 g/mol. The van der Waals surface area contributed by atoms with E-state index >= 15 is 0 Å². The molecule has 2 unspecified atom stereocenters. The van der Waals surface area contributed by atoms with Crippen LogP contribution in [0.2, 0.25) is 0 Å². The number of likely N-dealkylation sites (tertiary alicyclic amines) is 1. The first-order valence-corrected chi connectivity index (χ1v) is 9.05. The smallest absolute Gasteiger partial charge is 0.132 e. The second-order valence-electron chi connectivity index (χ2n) is 7.74. The molecule has 6 nitrogen and oxygen atoms in total. The minimum Gasteiger partial charge on any atom is -0.356 e. The molecular weight excluding hydrogens is 300 g/mol. The molecule has 24 heavy (non-hydrogen) atoms. The molecule has 1 N–H and O–H groups in total. The van der Waals surface area contributed by atoms with Crippen LogP contribution in [0.5, 0.6) is 0 Å². The molecule has 1 aliphatic carbocycles. The van der Waals surface area contributed by atoms with Gasteiger partial charge in [-0.3, -0.25) is 10.00 Å². The van der Waals surface area contributed by atoms with Gasteiger partial charge in [0.25, 0.3) is 0 Å². The van der Waals surface area contributed by atoms with E-state index in [2.05, 4.69) is 49.0 Å². The number of nitrogens with one attached hydrogen (secondary N) is 1. The van der Waals surface area contributed by atoms with E-state index in [9.17, 15) is 0 Å². The lowest BCUT2D eigenvalue weighted by atomic mass is 10.0. The zero-order chi connectivity index (χ0) is 16.1. The predicted molar refractivity (Wildman–Crippen MR) is 91.8 cm³/mol. The maximum atomic E-state index is 4.54. The highest BCUT2D eigenvalue weighted by Gasteiger charge is 2.40. The van der Waals surface area contributed by atoms with E-state index < -0.39 is 0 Å². The van der Waals surface area contributed by atoms with Crippen molar-refractivity contribution < 1.29 is 0 Å². The van der Waals surface area contributed by atoms with E-state index in [0.29, 0.717) is 5.92 Å². The zero-order valence-corrected chi connectivity index (χ0v) is 14.1. The van der Waals surface area contributed by atoms with Crippen LogP contribution in [0, 0.1) is 18.8 Å². The first-order chi connectivity index (χ1) is 11.7. The van der Waals surface area contributed by atoms with Crippen LogP contribution in [0.15, 0.2) is 18.5 Å². The van der Waals surface area contributed by atoms with Crippen LogP contribution < -0.4 is 4.90 Å². The SMILES string of the molecule is Cc1cc(CN2CC3CN(c4cc(C5CC5)ncn4)CC3C2)n[nH]1. The number of hydrogen-bond donors (Lipinski definition) is 1. The van der Waals surface area contributed by atoms with E-state index in [0.717, 1.165) is 48.7 Å². The van der Waals surface area contributed by atoms with Crippen LogP contribution in [0.3, 0.4) is 0 Å². The van der Waals surface area contributed by atoms with E-state index in [1.54, 1.807) is 6.33 Å². The molecule has 3 aliphatic rings. The van der Waals surface area contributed by atoms with Gasteiger partial charge in [-0.1, -0.05) is 0 Å². The summed E-state index contributed by atoms with van der Waals surface area (Å²) in [6.45, 7) is 7.63. The Labute approximate surface area is 142 Å². The summed E-state index contributed by atoms with van der Waals surface area (Å²) < 4.78 is 0. The summed E-state index contributed by atoms with van der Waals surface area (Å²) in [4.78, 5) is 14.0. The number of H-pyrrole nitrogens is 1. The Morgan fingerprint density at radius 1 is 1.08 bits per heavy atom. The summed E-state index contributed by atoms with van der Waals surface area (Å²) in [5.74, 6) is 3.34. The van der Waals surface area contributed by atoms with Gasteiger partial charge >= 0.3 is 0 Å². The van der Waals surface area contributed by atoms with Gasteiger partial charge in [-0.15, -0.1) is 0 Å². The molecule has 126 valence electrons. The van der Waals surface area contributed by atoms with Crippen molar-refractivity contribution in [2.75, 3.05) is 31.1 Å². The lowest BCUT2D eigenvalue weighted by Gasteiger charge is -2.22. The van der Waals surface area contributed by atoms with Crippen LogP contribution in [-0.4, -0.2) is 51.2 Å². The van der Waals surface area contributed by atoms with Gasteiger partial charge in [0.05, 0.1) is 5.69 Å². The second-order valence-corrected chi connectivity index (χ2v) is 7.74. The van der Waals surface area contributed by atoms with Crippen LogP contribution in [0.1, 0.15) is 35.8 Å². The van der Waals surface area contributed by atoms with Crippen molar-refractivity contribution in [3.63, 3.8) is 0 Å². The van der Waals surface area contributed by atoms with Crippen molar-refractivity contribution in [3.8, 4) is 0 Å². The third kappa shape index (κ3) is 2.69. The Hall–Kier alpha value is -1.95. The molecule has 5 rings (SSSR count). The Balaban J connectivity index is 1.22. The van der Waals surface area contributed by atoms with Crippen molar-refractivity contribution >= 4 is 5.82 Å². The summed E-state index contributed by atoms with van der Waals surface area (Å²) in [5.41, 5.74) is 3.55. The molecule has 2 atom stereocenters. The summed E-state index contributed by atoms with van der Waals surface area (Å²) in [6, 6.07) is 4.38. The Kier molecular flexibility index (Phi) is 3.33. The van der Waals surface area contributed by atoms with Crippen LogP contribution in [0.25, 0.3) is 0 Å². The fraction of sp³-hybridized carbons (Fsp3) is 0.611. The molecule has 3 fully saturated rings. The fourth-order valence-electron chi connectivity index (χ4n) is 4.33. The standard InChI is InChI=1S/C18H24N6/c1-12-4-16(22-21-12)10-23-6-14-8-24(9-15(14)7-23)18-5-17(13-2-3-13)19-11-20-18/h4-5,11,13-15H,2-3,6-10H2,1H3,(H,21,22). The molecule has 0 amide bonds. The highest BCUT2D eigenvalue weighted by molar-refractivity contribution is 5.42. The highest BCUT2D eigenvalue weighted by Crippen LogP contribution is 2.40. The van der Waals surface area contributed by atoms with E-state index in [1.807, 2.05) is 0 Å². The van der Waals surface area contributed by atoms with Gasteiger partial charge in [0.2, 0.25) is 0 Å². The Bertz CT molecular complexity index is 723. The van der Waals surface area contributed by atoms with Crippen molar-refractivity contribution in [1.82, 2.24) is 25.1 Å².